The number of rotatable bonds is 9. The third-order valence-corrected chi connectivity index (χ3v) is 5.64. The fraction of sp³-hybridized carbons (Fsp3) is 0.273. The molecule has 0 saturated heterocycles. The van der Waals surface area contributed by atoms with Crippen LogP contribution in [0.25, 0.3) is 11.3 Å². The van der Waals surface area contributed by atoms with Gasteiger partial charge < -0.3 is 15.0 Å². The fourth-order valence-corrected chi connectivity index (χ4v) is 4.06. The molecule has 3 rings (SSSR count). The topological polar surface area (TPSA) is 54.5 Å². The highest BCUT2D eigenvalue weighted by atomic mass is 35.5. The Balaban J connectivity index is 1.96. The Morgan fingerprint density at radius 3 is 2.57 bits per heavy atom. The van der Waals surface area contributed by atoms with Crippen LogP contribution in [0.4, 0.5) is 15.2 Å². The van der Waals surface area contributed by atoms with E-state index >= 15 is 0 Å². The second kappa shape index (κ2) is 10.5. The highest BCUT2D eigenvalue weighted by Gasteiger charge is 2.28. The van der Waals surface area contributed by atoms with Crippen LogP contribution in [0.1, 0.15) is 13.3 Å². The first-order chi connectivity index (χ1) is 14.5. The van der Waals surface area contributed by atoms with Gasteiger partial charge in [0.15, 0.2) is 5.13 Å². The Labute approximate surface area is 184 Å². The predicted octanol–water partition coefficient (Wildman–Crippen LogP) is 5.28. The number of carbonyl (C=O) groups excluding carboxylic acids is 1. The first-order valence-corrected chi connectivity index (χ1v) is 10.8. The summed E-state index contributed by atoms with van der Waals surface area (Å²) in [6.45, 7) is 2.83. The third kappa shape index (κ3) is 5.36. The lowest BCUT2D eigenvalue weighted by Gasteiger charge is -2.30. The third-order valence-electron chi connectivity index (χ3n) is 4.55. The van der Waals surface area contributed by atoms with Gasteiger partial charge in [-0.2, -0.15) is 0 Å². The van der Waals surface area contributed by atoms with Gasteiger partial charge in [0.05, 0.1) is 12.3 Å². The molecule has 0 radical (unpaired) electrons. The van der Waals surface area contributed by atoms with E-state index in [9.17, 15) is 9.18 Å². The zero-order valence-corrected chi connectivity index (χ0v) is 18.3. The van der Waals surface area contributed by atoms with Gasteiger partial charge >= 0.3 is 0 Å². The molecule has 30 heavy (non-hydrogen) atoms. The van der Waals surface area contributed by atoms with E-state index in [-0.39, 0.29) is 11.7 Å². The summed E-state index contributed by atoms with van der Waals surface area (Å²) in [6.07, 6.45) is 0.576. The standard InChI is InChI=1S/C22H23ClFN3O2S/c1-3-20(21(28)25-12-13-29-2)27(18-10-6-16(23)7-11-18)22-26-19(14-30-22)15-4-8-17(24)9-5-15/h4-11,14,20H,3,12-13H2,1-2H3,(H,25,28)/t20-/m1/s1. The summed E-state index contributed by atoms with van der Waals surface area (Å²) < 4.78 is 18.3. The average molecular weight is 448 g/mol. The van der Waals surface area contributed by atoms with E-state index < -0.39 is 6.04 Å². The first-order valence-electron chi connectivity index (χ1n) is 9.56. The fourth-order valence-electron chi connectivity index (χ4n) is 3.03. The minimum absolute atomic E-state index is 0.108. The van der Waals surface area contributed by atoms with Crippen molar-refractivity contribution >= 4 is 39.7 Å². The zero-order chi connectivity index (χ0) is 21.5. The number of aromatic nitrogens is 1. The van der Waals surface area contributed by atoms with Crippen LogP contribution < -0.4 is 10.2 Å². The number of thiazole rings is 1. The summed E-state index contributed by atoms with van der Waals surface area (Å²) in [7, 11) is 1.59. The molecule has 0 unspecified atom stereocenters. The van der Waals surface area contributed by atoms with E-state index in [0.717, 1.165) is 16.9 Å². The molecule has 0 spiro atoms. The minimum Gasteiger partial charge on any atom is -0.383 e. The summed E-state index contributed by atoms with van der Waals surface area (Å²) >= 11 is 7.49. The summed E-state index contributed by atoms with van der Waals surface area (Å²) in [5.41, 5.74) is 2.35. The molecular weight excluding hydrogens is 425 g/mol. The van der Waals surface area contributed by atoms with Crippen LogP contribution in [0, 0.1) is 5.82 Å². The number of methoxy groups -OCH3 is 1. The second-order valence-electron chi connectivity index (χ2n) is 6.58. The average Bonchev–Trinajstić information content (AvgIpc) is 3.23. The van der Waals surface area contributed by atoms with Gasteiger partial charge in [-0.05, 0) is 55.0 Å². The van der Waals surface area contributed by atoms with Crippen molar-refractivity contribution < 1.29 is 13.9 Å². The number of carbonyl (C=O) groups is 1. The Bertz CT molecular complexity index is 963. The van der Waals surface area contributed by atoms with Crippen molar-refractivity contribution in [3.8, 4) is 11.3 Å². The smallest absolute Gasteiger partial charge is 0.243 e. The molecule has 0 aliphatic heterocycles. The molecule has 0 aliphatic carbocycles. The molecule has 0 bridgehead atoms. The van der Waals surface area contributed by atoms with E-state index in [1.165, 1.54) is 23.5 Å². The largest absolute Gasteiger partial charge is 0.383 e. The number of benzene rings is 2. The number of nitrogens with one attached hydrogen (secondary N) is 1. The van der Waals surface area contributed by atoms with Gasteiger partial charge in [-0.15, -0.1) is 11.3 Å². The SMILES string of the molecule is CC[C@H](C(=O)NCCOC)N(c1ccc(Cl)cc1)c1nc(-c2ccc(F)cc2)cs1. The van der Waals surface area contributed by atoms with E-state index in [1.54, 1.807) is 31.4 Å². The van der Waals surface area contributed by atoms with Crippen molar-refractivity contribution in [1.82, 2.24) is 10.3 Å². The van der Waals surface area contributed by atoms with Gasteiger partial charge in [0, 0.05) is 35.3 Å². The van der Waals surface area contributed by atoms with Crippen LogP contribution in [0.5, 0.6) is 0 Å². The lowest BCUT2D eigenvalue weighted by atomic mass is 10.1. The number of hydrogen-bond acceptors (Lipinski definition) is 5. The molecule has 5 nitrogen and oxygen atoms in total. The first kappa shape index (κ1) is 22.2. The molecule has 3 aromatic rings. The van der Waals surface area contributed by atoms with Crippen molar-refractivity contribution in [2.45, 2.75) is 19.4 Å². The van der Waals surface area contributed by atoms with Gasteiger partial charge in [-0.3, -0.25) is 4.79 Å². The number of nitrogens with zero attached hydrogens (tertiary/aromatic N) is 2. The quantitative estimate of drug-likeness (QED) is 0.453. The molecule has 1 amide bonds. The highest BCUT2D eigenvalue weighted by molar-refractivity contribution is 7.14. The molecule has 1 heterocycles. The van der Waals surface area contributed by atoms with Crippen LogP contribution in [-0.4, -0.2) is 37.2 Å². The maximum absolute atomic E-state index is 13.3. The number of hydrogen-bond donors (Lipinski definition) is 1. The summed E-state index contributed by atoms with van der Waals surface area (Å²) in [5.74, 6) is -0.404. The van der Waals surface area contributed by atoms with Crippen molar-refractivity contribution in [1.29, 1.82) is 0 Å². The Kier molecular flexibility index (Phi) is 7.79. The van der Waals surface area contributed by atoms with Gasteiger partial charge in [0.1, 0.15) is 11.9 Å². The number of amides is 1. The van der Waals surface area contributed by atoms with Crippen LogP contribution in [0.2, 0.25) is 5.02 Å². The normalized spacial score (nSPS) is 11.9. The van der Waals surface area contributed by atoms with Crippen LogP contribution in [0.3, 0.4) is 0 Å². The van der Waals surface area contributed by atoms with E-state index in [4.69, 9.17) is 21.3 Å². The molecule has 0 fully saturated rings. The molecule has 1 atom stereocenters. The molecular formula is C22H23ClFN3O2S. The molecule has 0 aliphatic rings. The lowest BCUT2D eigenvalue weighted by molar-refractivity contribution is -0.122. The maximum Gasteiger partial charge on any atom is 0.243 e. The Morgan fingerprint density at radius 1 is 1.23 bits per heavy atom. The molecule has 2 aromatic carbocycles. The summed E-state index contributed by atoms with van der Waals surface area (Å²) in [6, 6.07) is 13.0. The maximum atomic E-state index is 13.3. The Morgan fingerprint density at radius 2 is 1.93 bits per heavy atom. The van der Waals surface area contributed by atoms with Crippen LogP contribution in [0.15, 0.2) is 53.9 Å². The van der Waals surface area contributed by atoms with E-state index in [1.807, 2.05) is 29.3 Å². The molecule has 1 N–H and O–H groups in total. The highest BCUT2D eigenvalue weighted by Crippen LogP contribution is 2.35. The van der Waals surface area contributed by atoms with Gasteiger partial charge in [-0.1, -0.05) is 18.5 Å². The van der Waals surface area contributed by atoms with Crippen LogP contribution >= 0.6 is 22.9 Å². The molecule has 158 valence electrons. The molecule has 1 aromatic heterocycles. The van der Waals surface area contributed by atoms with Gasteiger partial charge in [0.2, 0.25) is 5.91 Å². The molecule has 8 heteroatoms. The van der Waals surface area contributed by atoms with E-state index in [2.05, 4.69) is 5.32 Å². The monoisotopic (exact) mass is 447 g/mol. The number of ether oxygens (including phenoxy) is 1. The Hall–Kier alpha value is -2.48. The number of halogens is 2. The lowest BCUT2D eigenvalue weighted by Crippen LogP contribution is -2.45. The van der Waals surface area contributed by atoms with Crippen molar-refractivity contribution in [2.24, 2.45) is 0 Å². The van der Waals surface area contributed by atoms with Crippen molar-refractivity contribution in [3.05, 3.63) is 64.8 Å². The van der Waals surface area contributed by atoms with E-state index in [0.29, 0.717) is 29.7 Å². The predicted molar refractivity (Wildman–Crippen MR) is 120 cm³/mol. The summed E-state index contributed by atoms with van der Waals surface area (Å²) in [5, 5.41) is 6.10. The number of anilines is 2. The summed E-state index contributed by atoms with van der Waals surface area (Å²) in [4.78, 5) is 19.6. The van der Waals surface area contributed by atoms with Gasteiger partial charge in [0.25, 0.3) is 0 Å². The van der Waals surface area contributed by atoms with Crippen molar-refractivity contribution in [3.63, 3.8) is 0 Å². The van der Waals surface area contributed by atoms with Gasteiger partial charge in [-0.25, -0.2) is 9.37 Å². The zero-order valence-electron chi connectivity index (χ0n) is 16.8. The van der Waals surface area contributed by atoms with Crippen molar-refractivity contribution in [2.75, 3.05) is 25.2 Å². The second-order valence-corrected chi connectivity index (χ2v) is 7.85. The van der Waals surface area contributed by atoms with Crippen LogP contribution in [-0.2, 0) is 9.53 Å². The minimum atomic E-state index is -0.463. The molecule has 0 saturated carbocycles.